The third-order valence-electron chi connectivity index (χ3n) is 3.96. The Morgan fingerprint density at radius 1 is 1.28 bits per heavy atom. The lowest BCUT2D eigenvalue weighted by molar-refractivity contribution is 0.333. The Morgan fingerprint density at radius 3 is 2.89 bits per heavy atom. The first-order chi connectivity index (χ1) is 8.84. The van der Waals surface area contributed by atoms with Crippen LogP contribution in [0.4, 0.5) is 0 Å². The summed E-state index contributed by atoms with van der Waals surface area (Å²) >= 11 is 1.81. The number of hydrogen-bond acceptors (Lipinski definition) is 3. The predicted octanol–water partition coefficient (Wildman–Crippen LogP) is 3.29. The molecule has 1 unspecified atom stereocenters. The number of piperidine rings is 1. The van der Waals surface area contributed by atoms with E-state index in [-0.39, 0.29) is 6.04 Å². The van der Waals surface area contributed by atoms with Crippen molar-refractivity contribution in [3.05, 3.63) is 35.2 Å². The molecule has 3 N–H and O–H groups in total. The molecule has 1 fully saturated rings. The summed E-state index contributed by atoms with van der Waals surface area (Å²) in [6, 6.07) is 8.78. The van der Waals surface area contributed by atoms with Crippen LogP contribution in [0.5, 0.6) is 0 Å². The van der Waals surface area contributed by atoms with E-state index in [4.69, 9.17) is 5.73 Å². The highest BCUT2D eigenvalue weighted by molar-refractivity contribution is 7.17. The summed E-state index contributed by atoms with van der Waals surface area (Å²) in [5.74, 6) is 0.792. The van der Waals surface area contributed by atoms with Crippen molar-refractivity contribution in [1.29, 1.82) is 0 Å². The molecule has 2 aromatic rings. The molecule has 0 amide bonds. The Morgan fingerprint density at radius 2 is 2.06 bits per heavy atom. The van der Waals surface area contributed by atoms with E-state index in [9.17, 15) is 0 Å². The fourth-order valence-corrected chi connectivity index (χ4v) is 3.91. The minimum absolute atomic E-state index is 0.198. The molecule has 96 valence electrons. The fourth-order valence-electron chi connectivity index (χ4n) is 2.89. The van der Waals surface area contributed by atoms with Gasteiger partial charge in [0.2, 0.25) is 0 Å². The van der Waals surface area contributed by atoms with Crippen molar-refractivity contribution in [2.75, 3.05) is 13.1 Å². The van der Waals surface area contributed by atoms with Crippen LogP contribution in [0, 0.1) is 5.92 Å². The van der Waals surface area contributed by atoms with Gasteiger partial charge in [-0.3, -0.25) is 0 Å². The second-order valence-electron chi connectivity index (χ2n) is 5.22. The monoisotopic (exact) mass is 260 g/mol. The molecule has 0 radical (unpaired) electrons. The molecule has 3 rings (SSSR count). The van der Waals surface area contributed by atoms with Crippen LogP contribution in [0.1, 0.15) is 30.9 Å². The van der Waals surface area contributed by atoms with Crippen LogP contribution in [-0.4, -0.2) is 13.1 Å². The summed E-state index contributed by atoms with van der Waals surface area (Å²) in [4.78, 5) is 0. The molecule has 0 saturated carbocycles. The number of benzene rings is 1. The summed E-state index contributed by atoms with van der Waals surface area (Å²) in [5, 5.41) is 7.01. The zero-order chi connectivity index (χ0) is 12.4. The molecular weight excluding hydrogens is 240 g/mol. The predicted molar refractivity (Wildman–Crippen MR) is 79.0 cm³/mol. The molecular formula is C15H20N2S. The number of thiophene rings is 1. The molecule has 2 nitrogen and oxygen atoms in total. The van der Waals surface area contributed by atoms with Gasteiger partial charge in [0.25, 0.3) is 0 Å². The minimum Gasteiger partial charge on any atom is -0.324 e. The zero-order valence-electron chi connectivity index (χ0n) is 10.6. The van der Waals surface area contributed by atoms with E-state index >= 15 is 0 Å². The summed E-state index contributed by atoms with van der Waals surface area (Å²) in [5.41, 5.74) is 7.76. The molecule has 0 aliphatic carbocycles. The topological polar surface area (TPSA) is 38.0 Å². The van der Waals surface area contributed by atoms with Gasteiger partial charge in [0, 0.05) is 10.7 Å². The maximum Gasteiger partial charge on any atom is 0.0346 e. The van der Waals surface area contributed by atoms with Crippen LogP contribution in [0.25, 0.3) is 10.1 Å². The largest absolute Gasteiger partial charge is 0.324 e. The van der Waals surface area contributed by atoms with Crippen LogP contribution in [0.2, 0.25) is 0 Å². The first-order valence-corrected chi connectivity index (χ1v) is 7.65. The molecule has 0 spiro atoms. The average Bonchev–Trinajstić information content (AvgIpc) is 2.84. The number of nitrogens with one attached hydrogen (secondary N) is 1. The van der Waals surface area contributed by atoms with Crippen LogP contribution in [0.3, 0.4) is 0 Å². The summed E-state index contributed by atoms with van der Waals surface area (Å²) in [7, 11) is 0. The number of fused-ring (bicyclic) bond motifs is 1. The minimum atomic E-state index is 0.198. The third-order valence-corrected chi connectivity index (χ3v) is 4.94. The molecule has 1 atom stereocenters. The van der Waals surface area contributed by atoms with Crippen molar-refractivity contribution in [2.24, 2.45) is 11.7 Å². The van der Waals surface area contributed by atoms with Crippen molar-refractivity contribution in [1.82, 2.24) is 5.32 Å². The first-order valence-electron chi connectivity index (χ1n) is 6.77. The van der Waals surface area contributed by atoms with Crippen molar-refractivity contribution in [3.8, 4) is 0 Å². The van der Waals surface area contributed by atoms with Gasteiger partial charge in [-0.15, -0.1) is 11.3 Å². The van der Waals surface area contributed by atoms with Gasteiger partial charge in [0.1, 0.15) is 0 Å². The van der Waals surface area contributed by atoms with E-state index in [2.05, 4.69) is 35.0 Å². The molecule has 1 saturated heterocycles. The average molecular weight is 260 g/mol. The highest BCUT2D eigenvalue weighted by atomic mass is 32.1. The Bertz CT molecular complexity index is 514. The van der Waals surface area contributed by atoms with E-state index in [1.807, 2.05) is 11.3 Å². The van der Waals surface area contributed by atoms with Crippen molar-refractivity contribution in [2.45, 2.75) is 25.3 Å². The molecule has 3 heteroatoms. The van der Waals surface area contributed by atoms with Crippen LogP contribution < -0.4 is 11.1 Å². The maximum absolute atomic E-state index is 6.42. The van der Waals surface area contributed by atoms with Crippen LogP contribution >= 0.6 is 11.3 Å². The lowest BCUT2D eigenvalue weighted by Gasteiger charge is -2.25. The lowest BCUT2D eigenvalue weighted by Crippen LogP contribution is -2.29. The van der Waals surface area contributed by atoms with Gasteiger partial charge < -0.3 is 11.1 Å². The lowest BCUT2D eigenvalue weighted by atomic mass is 9.89. The molecule has 1 aliphatic rings. The Labute approximate surface area is 112 Å². The number of hydrogen-bond donors (Lipinski definition) is 2. The molecule has 2 heterocycles. The fraction of sp³-hybridized carbons (Fsp3) is 0.467. The third kappa shape index (κ3) is 2.44. The van der Waals surface area contributed by atoms with Gasteiger partial charge in [-0.25, -0.2) is 0 Å². The number of rotatable bonds is 3. The van der Waals surface area contributed by atoms with Crippen molar-refractivity contribution >= 4 is 21.4 Å². The standard InChI is InChI=1S/C15H20N2S/c16-14(9-11-5-7-17-8-6-11)13-10-18-15-4-2-1-3-12(13)15/h1-4,10-11,14,17H,5-9,16H2. The van der Waals surface area contributed by atoms with Crippen molar-refractivity contribution in [3.63, 3.8) is 0 Å². The van der Waals surface area contributed by atoms with E-state index in [0.29, 0.717) is 0 Å². The van der Waals surface area contributed by atoms with Gasteiger partial charge in [0.15, 0.2) is 0 Å². The van der Waals surface area contributed by atoms with Crippen LogP contribution in [-0.2, 0) is 0 Å². The maximum atomic E-state index is 6.42. The van der Waals surface area contributed by atoms with Gasteiger partial charge in [-0.2, -0.15) is 0 Å². The second-order valence-corrected chi connectivity index (χ2v) is 6.13. The van der Waals surface area contributed by atoms with Gasteiger partial charge in [-0.1, -0.05) is 18.2 Å². The van der Waals surface area contributed by atoms with E-state index in [1.165, 1.54) is 28.5 Å². The Hall–Kier alpha value is -0.900. The molecule has 18 heavy (non-hydrogen) atoms. The zero-order valence-corrected chi connectivity index (χ0v) is 11.4. The summed E-state index contributed by atoms with van der Waals surface area (Å²) in [6.45, 7) is 2.31. The van der Waals surface area contributed by atoms with Crippen LogP contribution in [0.15, 0.2) is 29.6 Å². The summed E-state index contributed by atoms with van der Waals surface area (Å²) in [6.07, 6.45) is 3.67. The highest BCUT2D eigenvalue weighted by Gasteiger charge is 2.19. The highest BCUT2D eigenvalue weighted by Crippen LogP contribution is 2.33. The molecule has 1 aliphatic heterocycles. The number of nitrogens with two attached hydrogens (primary N) is 1. The van der Waals surface area contributed by atoms with Gasteiger partial charge in [-0.05, 0) is 60.7 Å². The smallest absolute Gasteiger partial charge is 0.0346 e. The van der Waals surface area contributed by atoms with Crippen molar-refractivity contribution < 1.29 is 0 Å². The van der Waals surface area contributed by atoms with Gasteiger partial charge >= 0.3 is 0 Å². The Balaban J connectivity index is 1.76. The van der Waals surface area contributed by atoms with E-state index < -0.39 is 0 Å². The summed E-state index contributed by atoms with van der Waals surface area (Å²) < 4.78 is 1.35. The Kier molecular flexibility index (Phi) is 3.64. The van der Waals surface area contributed by atoms with Gasteiger partial charge in [0.05, 0.1) is 0 Å². The molecule has 1 aromatic carbocycles. The molecule has 0 bridgehead atoms. The quantitative estimate of drug-likeness (QED) is 0.888. The first kappa shape index (κ1) is 12.2. The normalized spacial score (nSPS) is 19.2. The second kappa shape index (κ2) is 5.39. The van der Waals surface area contributed by atoms with E-state index in [0.717, 1.165) is 25.4 Å². The molecule has 1 aromatic heterocycles. The SMILES string of the molecule is NC(CC1CCNCC1)c1csc2ccccc12. The van der Waals surface area contributed by atoms with E-state index in [1.54, 1.807) is 0 Å².